The Morgan fingerprint density at radius 2 is 1.95 bits per heavy atom. The summed E-state index contributed by atoms with van der Waals surface area (Å²) in [5.74, 6) is 1.65. The van der Waals surface area contributed by atoms with Crippen molar-refractivity contribution in [3.8, 4) is 0 Å². The van der Waals surface area contributed by atoms with E-state index in [2.05, 4.69) is 33.4 Å². The second kappa shape index (κ2) is 4.80. The second-order valence-corrected chi connectivity index (χ2v) is 8.88. The highest BCUT2D eigenvalue weighted by Crippen LogP contribution is 2.65. The van der Waals surface area contributed by atoms with E-state index >= 15 is 0 Å². The standard InChI is InChI=1S/C20H30O2/c1-13(2)14-6-10-19(4)15(14)7-9-18(3)12-17(21)20(5,22)11-8-16(18)19/h8,11,14-16,22H,1,6-7,9-10,12H2,2-5H3/t14-,15+,16+,18+,19+,20-/m0/s1. The molecule has 3 aliphatic carbocycles. The van der Waals surface area contributed by atoms with Crippen molar-refractivity contribution >= 4 is 5.78 Å². The average molecular weight is 302 g/mol. The lowest BCUT2D eigenvalue weighted by atomic mass is 9.51. The average Bonchev–Trinajstić information content (AvgIpc) is 2.70. The molecule has 0 unspecified atom stereocenters. The van der Waals surface area contributed by atoms with Crippen LogP contribution in [0.1, 0.15) is 59.8 Å². The van der Waals surface area contributed by atoms with Gasteiger partial charge in [0.2, 0.25) is 0 Å². The number of fused-ring (bicyclic) bond motifs is 3. The number of Topliss-reactive ketones (excluding diaryl/α,β-unsaturated/α-hetero) is 1. The van der Waals surface area contributed by atoms with Crippen LogP contribution in [0.15, 0.2) is 24.3 Å². The molecule has 122 valence electrons. The summed E-state index contributed by atoms with van der Waals surface area (Å²) in [7, 11) is 0. The van der Waals surface area contributed by atoms with Crippen molar-refractivity contribution in [3.05, 3.63) is 24.3 Å². The molecule has 2 fully saturated rings. The Balaban J connectivity index is 2.02. The molecule has 2 nitrogen and oxygen atoms in total. The quantitative estimate of drug-likeness (QED) is 0.734. The molecule has 0 aliphatic heterocycles. The molecule has 2 heteroatoms. The molecular weight excluding hydrogens is 272 g/mol. The predicted octanol–water partition coefficient (Wildman–Crippen LogP) is 4.29. The van der Waals surface area contributed by atoms with Crippen LogP contribution in [0, 0.1) is 28.6 Å². The van der Waals surface area contributed by atoms with E-state index in [1.807, 2.05) is 0 Å². The SMILES string of the molecule is C=C(C)[C@@H]1CC[C@]2(C)[C@@H]1CC[C@]1(C)CC(=O)[C@@](C)(O)C=C[C@H]12. The van der Waals surface area contributed by atoms with Crippen LogP contribution in [0.25, 0.3) is 0 Å². The minimum Gasteiger partial charge on any atom is -0.378 e. The van der Waals surface area contributed by atoms with Gasteiger partial charge < -0.3 is 5.11 Å². The number of hydrogen-bond acceptors (Lipinski definition) is 2. The summed E-state index contributed by atoms with van der Waals surface area (Å²) in [4.78, 5) is 12.4. The maximum atomic E-state index is 12.4. The zero-order valence-electron chi connectivity index (χ0n) is 14.5. The van der Waals surface area contributed by atoms with Crippen molar-refractivity contribution in [3.63, 3.8) is 0 Å². The van der Waals surface area contributed by atoms with Crippen LogP contribution in [0.4, 0.5) is 0 Å². The van der Waals surface area contributed by atoms with Gasteiger partial charge in [-0.1, -0.05) is 32.1 Å². The van der Waals surface area contributed by atoms with Gasteiger partial charge in [0.15, 0.2) is 5.78 Å². The van der Waals surface area contributed by atoms with Crippen molar-refractivity contribution in [2.75, 3.05) is 0 Å². The fourth-order valence-corrected chi connectivity index (χ4v) is 5.83. The molecule has 3 aliphatic rings. The first-order valence-corrected chi connectivity index (χ1v) is 8.71. The van der Waals surface area contributed by atoms with Gasteiger partial charge >= 0.3 is 0 Å². The van der Waals surface area contributed by atoms with Crippen LogP contribution in [-0.2, 0) is 4.79 Å². The number of ketones is 1. The summed E-state index contributed by atoms with van der Waals surface area (Å²) in [5.41, 5.74) is 0.244. The first kappa shape index (κ1) is 16.0. The molecule has 22 heavy (non-hydrogen) atoms. The summed E-state index contributed by atoms with van der Waals surface area (Å²) < 4.78 is 0. The normalized spacial score (nSPS) is 51.1. The number of rotatable bonds is 1. The van der Waals surface area contributed by atoms with E-state index in [4.69, 9.17) is 0 Å². The molecule has 0 bridgehead atoms. The Morgan fingerprint density at radius 3 is 2.59 bits per heavy atom. The first-order chi connectivity index (χ1) is 10.1. The maximum Gasteiger partial charge on any atom is 0.168 e. The lowest BCUT2D eigenvalue weighted by Crippen LogP contribution is -2.47. The fraction of sp³-hybridized carbons (Fsp3) is 0.750. The monoisotopic (exact) mass is 302 g/mol. The molecule has 0 aromatic heterocycles. The van der Waals surface area contributed by atoms with Crippen molar-refractivity contribution in [2.24, 2.45) is 28.6 Å². The maximum absolute atomic E-state index is 12.4. The van der Waals surface area contributed by atoms with E-state index in [1.54, 1.807) is 13.0 Å². The van der Waals surface area contributed by atoms with E-state index < -0.39 is 5.60 Å². The summed E-state index contributed by atoms with van der Waals surface area (Å²) in [6.45, 7) is 12.7. The van der Waals surface area contributed by atoms with Crippen LogP contribution in [-0.4, -0.2) is 16.5 Å². The molecule has 3 rings (SSSR count). The first-order valence-electron chi connectivity index (χ1n) is 8.71. The molecule has 2 saturated carbocycles. The van der Waals surface area contributed by atoms with Gasteiger partial charge in [-0.2, -0.15) is 0 Å². The minimum absolute atomic E-state index is 0.0106. The van der Waals surface area contributed by atoms with E-state index in [0.717, 1.165) is 6.42 Å². The molecule has 1 N–H and O–H groups in total. The van der Waals surface area contributed by atoms with Crippen LogP contribution >= 0.6 is 0 Å². The molecule has 0 spiro atoms. The van der Waals surface area contributed by atoms with Crippen molar-refractivity contribution in [2.45, 2.75) is 65.4 Å². The van der Waals surface area contributed by atoms with Crippen molar-refractivity contribution in [1.29, 1.82) is 0 Å². The van der Waals surface area contributed by atoms with Gasteiger partial charge in [-0.15, -0.1) is 0 Å². The van der Waals surface area contributed by atoms with Gasteiger partial charge in [-0.05, 0) is 74.2 Å². The van der Waals surface area contributed by atoms with E-state index in [-0.39, 0.29) is 16.6 Å². The molecule has 6 atom stereocenters. The number of aliphatic hydroxyl groups is 1. The summed E-state index contributed by atoms with van der Waals surface area (Å²) >= 11 is 0. The summed E-state index contributed by atoms with van der Waals surface area (Å²) in [6, 6.07) is 0. The third-order valence-corrected chi connectivity index (χ3v) is 7.19. The molecule has 0 aromatic carbocycles. The van der Waals surface area contributed by atoms with E-state index in [9.17, 15) is 9.90 Å². The summed E-state index contributed by atoms with van der Waals surface area (Å²) in [5, 5.41) is 10.4. The van der Waals surface area contributed by atoms with Gasteiger partial charge in [0.25, 0.3) is 0 Å². The lowest BCUT2D eigenvalue weighted by Gasteiger charge is -2.53. The molecule has 0 radical (unpaired) electrons. The van der Waals surface area contributed by atoms with Crippen LogP contribution in [0.5, 0.6) is 0 Å². The summed E-state index contributed by atoms with van der Waals surface area (Å²) in [6.07, 6.45) is 9.14. The smallest absolute Gasteiger partial charge is 0.168 e. The predicted molar refractivity (Wildman–Crippen MR) is 89.4 cm³/mol. The highest BCUT2D eigenvalue weighted by Gasteiger charge is 2.58. The van der Waals surface area contributed by atoms with Gasteiger partial charge in [0.1, 0.15) is 5.60 Å². The Hall–Kier alpha value is -0.890. The molecule has 0 heterocycles. The Bertz CT molecular complexity index is 544. The number of carbonyl (C=O) groups excluding carboxylic acids is 1. The third kappa shape index (κ3) is 2.14. The van der Waals surface area contributed by atoms with Crippen LogP contribution in [0.3, 0.4) is 0 Å². The zero-order valence-corrected chi connectivity index (χ0v) is 14.5. The van der Waals surface area contributed by atoms with Crippen molar-refractivity contribution in [1.82, 2.24) is 0 Å². The van der Waals surface area contributed by atoms with Gasteiger partial charge in [-0.3, -0.25) is 4.79 Å². The van der Waals surface area contributed by atoms with Gasteiger partial charge in [0.05, 0.1) is 0 Å². The zero-order chi connectivity index (χ0) is 16.3. The third-order valence-electron chi connectivity index (χ3n) is 7.19. The molecule has 0 saturated heterocycles. The van der Waals surface area contributed by atoms with Crippen LogP contribution in [0.2, 0.25) is 0 Å². The Kier molecular flexibility index (Phi) is 3.49. The lowest BCUT2D eigenvalue weighted by molar-refractivity contribution is -0.136. The number of allylic oxidation sites excluding steroid dienone is 2. The van der Waals surface area contributed by atoms with Crippen molar-refractivity contribution < 1.29 is 9.90 Å². The molecular formula is C20H30O2. The molecule has 0 aromatic rings. The fourth-order valence-electron chi connectivity index (χ4n) is 5.83. The van der Waals surface area contributed by atoms with E-state index in [1.165, 1.54) is 24.8 Å². The highest BCUT2D eigenvalue weighted by molar-refractivity contribution is 5.89. The molecule has 0 amide bonds. The Labute approximate surface area is 134 Å². The number of carbonyl (C=O) groups is 1. The van der Waals surface area contributed by atoms with Gasteiger partial charge in [0, 0.05) is 6.42 Å². The topological polar surface area (TPSA) is 37.3 Å². The van der Waals surface area contributed by atoms with Crippen LogP contribution < -0.4 is 0 Å². The van der Waals surface area contributed by atoms with Gasteiger partial charge in [-0.25, -0.2) is 0 Å². The highest BCUT2D eigenvalue weighted by atomic mass is 16.3. The second-order valence-electron chi connectivity index (χ2n) is 8.88. The number of hydrogen-bond donors (Lipinski definition) is 1. The minimum atomic E-state index is -1.29. The Morgan fingerprint density at radius 1 is 1.27 bits per heavy atom. The van der Waals surface area contributed by atoms with E-state index in [0.29, 0.717) is 24.2 Å². The largest absolute Gasteiger partial charge is 0.378 e.